The number of aromatic nitrogens is 1. The first-order valence-electron chi connectivity index (χ1n) is 6.83. The molecule has 25 heavy (non-hydrogen) atoms. The van der Waals surface area contributed by atoms with E-state index in [1.54, 1.807) is 13.8 Å². The van der Waals surface area contributed by atoms with Gasteiger partial charge < -0.3 is 9.15 Å². The number of aryl methyl sites for hydroxylation is 2. The molecule has 0 amide bonds. The molecule has 2 rings (SSSR count). The van der Waals surface area contributed by atoms with E-state index in [4.69, 9.17) is 32.4 Å². The number of halogens is 3. The van der Waals surface area contributed by atoms with Crippen molar-refractivity contribution in [2.24, 2.45) is 0 Å². The van der Waals surface area contributed by atoms with Crippen LogP contribution in [0.3, 0.4) is 0 Å². The van der Waals surface area contributed by atoms with Gasteiger partial charge in [0.05, 0.1) is 15.7 Å². The van der Waals surface area contributed by atoms with Gasteiger partial charge >= 0.3 is 5.97 Å². The monoisotopic (exact) mass is 470 g/mol. The predicted octanol–water partition coefficient (Wildman–Crippen LogP) is 3.38. The highest BCUT2D eigenvalue weighted by molar-refractivity contribution is 9.10. The van der Waals surface area contributed by atoms with Crippen molar-refractivity contribution in [2.75, 3.05) is 6.54 Å². The van der Waals surface area contributed by atoms with Gasteiger partial charge in [-0.15, -0.1) is 0 Å². The van der Waals surface area contributed by atoms with Crippen LogP contribution in [0.5, 0.6) is 0 Å². The van der Waals surface area contributed by atoms with Gasteiger partial charge in [-0.05, 0) is 26.0 Å². The Morgan fingerprint density at radius 3 is 2.44 bits per heavy atom. The molecule has 0 aliphatic rings. The molecule has 0 radical (unpaired) electrons. The number of nitrogens with one attached hydrogen (secondary N) is 1. The molecule has 11 heteroatoms. The van der Waals surface area contributed by atoms with Crippen LogP contribution in [0, 0.1) is 13.8 Å². The van der Waals surface area contributed by atoms with Crippen molar-refractivity contribution in [1.82, 2.24) is 9.71 Å². The minimum absolute atomic E-state index is 0.0778. The molecule has 0 bridgehead atoms. The van der Waals surface area contributed by atoms with Gasteiger partial charge in [-0.2, -0.15) is 4.72 Å². The summed E-state index contributed by atoms with van der Waals surface area (Å²) in [6.45, 7) is 2.69. The topological polar surface area (TPSA) is 98.5 Å². The molecule has 7 nitrogen and oxygen atoms in total. The second kappa shape index (κ2) is 8.05. The van der Waals surface area contributed by atoms with Crippen molar-refractivity contribution in [3.63, 3.8) is 0 Å². The molecule has 1 aromatic heterocycles. The van der Waals surface area contributed by atoms with Gasteiger partial charge in [0.25, 0.3) is 0 Å². The Labute approximate surface area is 162 Å². The summed E-state index contributed by atoms with van der Waals surface area (Å²) in [4.78, 5) is 15.5. The first-order chi connectivity index (χ1) is 11.6. The molecule has 0 saturated heterocycles. The van der Waals surface area contributed by atoms with Gasteiger partial charge in [0, 0.05) is 4.47 Å². The summed E-state index contributed by atoms with van der Waals surface area (Å²) < 4.78 is 37.3. The summed E-state index contributed by atoms with van der Waals surface area (Å²) >= 11 is 15.0. The van der Waals surface area contributed by atoms with Gasteiger partial charge in [0.15, 0.2) is 6.61 Å². The summed E-state index contributed by atoms with van der Waals surface area (Å²) in [5, 5.41) is -0.156. The van der Waals surface area contributed by atoms with E-state index in [0.717, 1.165) is 0 Å². The number of nitrogens with zero attached hydrogens (tertiary/aromatic N) is 1. The van der Waals surface area contributed by atoms with Crippen LogP contribution in [-0.4, -0.2) is 25.9 Å². The summed E-state index contributed by atoms with van der Waals surface area (Å²) in [5.41, 5.74) is 0.686. The molecule has 0 aliphatic heterocycles. The number of carbonyl (C=O) groups excluding carboxylic acids is 1. The fraction of sp³-hybridized carbons (Fsp3) is 0.286. The SMILES string of the molecule is Cc1nc(COC(=O)CNS(=O)(=O)c2c(Cl)cc(Br)cc2Cl)oc1C. The second-order valence-corrected chi connectivity index (χ2v) is 8.37. The maximum Gasteiger partial charge on any atom is 0.321 e. The van der Waals surface area contributed by atoms with E-state index in [0.29, 0.717) is 15.9 Å². The largest absolute Gasteiger partial charge is 0.455 e. The number of esters is 1. The highest BCUT2D eigenvalue weighted by Crippen LogP contribution is 2.32. The third-order valence-electron chi connectivity index (χ3n) is 3.07. The Hall–Kier alpha value is -1.13. The van der Waals surface area contributed by atoms with Crippen LogP contribution in [-0.2, 0) is 26.2 Å². The van der Waals surface area contributed by atoms with Gasteiger partial charge in [-0.3, -0.25) is 4.79 Å². The quantitative estimate of drug-likeness (QED) is 0.648. The number of oxazole rings is 1. The standard InChI is InChI=1S/C14H13BrCl2N2O5S/c1-7-8(2)24-12(19-7)6-23-13(20)5-18-25(21,22)14-10(16)3-9(15)4-11(14)17/h3-4,18H,5-6H2,1-2H3. The lowest BCUT2D eigenvalue weighted by molar-refractivity contribution is -0.144. The molecule has 0 saturated carbocycles. The average Bonchev–Trinajstić information content (AvgIpc) is 2.80. The third kappa shape index (κ3) is 5.18. The van der Waals surface area contributed by atoms with Crippen LogP contribution >= 0.6 is 39.1 Å². The van der Waals surface area contributed by atoms with E-state index in [-0.39, 0.29) is 27.4 Å². The molecule has 0 fully saturated rings. The lowest BCUT2D eigenvalue weighted by atomic mass is 10.4. The highest BCUT2D eigenvalue weighted by Gasteiger charge is 2.23. The first kappa shape index (κ1) is 20.2. The van der Waals surface area contributed by atoms with Crippen molar-refractivity contribution in [2.45, 2.75) is 25.3 Å². The van der Waals surface area contributed by atoms with E-state index in [1.807, 2.05) is 0 Å². The van der Waals surface area contributed by atoms with Crippen LogP contribution in [0.2, 0.25) is 10.0 Å². The highest BCUT2D eigenvalue weighted by atomic mass is 79.9. The molecule has 136 valence electrons. The Bertz CT molecular complexity index is 871. The van der Waals surface area contributed by atoms with Crippen LogP contribution in [0.4, 0.5) is 0 Å². The molecule has 1 heterocycles. The fourth-order valence-electron chi connectivity index (χ4n) is 1.81. The number of ether oxygens (including phenoxy) is 1. The van der Waals surface area contributed by atoms with Crippen LogP contribution < -0.4 is 4.72 Å². The smallest absolute Gasteiger partial charge is 0.321 e. The molecule has 1 N–H and O–H groups in total. The normalized spacial score (nSPS) is 11.6. The Morgan fingerprint density at radius 2 is 1.92 bits per heavy atom. The predicted molar refractivity (Wildman–Crippen MR) is 95.1 cm³/mol. The van der Waals surface area contributed by atoms with Gasteiger partial charge in [0.1, 0.15) is 17.2 Å². The summed E-state index contributed by atoms with van der Waals surface area (Å²) in [7, 11) is -4.09. The molecule has 1 aromatic carbocycles. The zero-order chi connectivity index (χ0) is 18.8. The van der Waals surface area contributed by atoms with Gasteiger partial charge in [-0.25, -0.2) is 13.4 Å². The minimum Gasteiger partial charge on any atom is -0.455 e. The van der Waals surface area contributed by atoms with E-state index in [9.17, 15) is 13.2 Å². The van der Waals surface area contributed by atoms with Gasteiger partial charge in [0.2, 0.25) is 15.9 Å². The van der Waals surface area contributed by atoms with Crippen molar-refractivity contribution in [1.29, 1.82) is 0 Å². The molecular formula is C14H13BrCl2N2O5S. The Balaban J connectivity index is 1.99. The maximum atomic E-state index is 12.3. The summed E-state index contributed by atoms with van der Waals surface area (Å²) in [5.74, 6) is 0.0397. The van der Waals surface area contributed by atoms with Crippen LogP contribution in [0.15, 0.2) is 25.9 Å². The van der Waals surface area contributed by atoms with E-state index in [1.165, 1.54) is 12.1 Å². The first-order valence-corrected chi connectivity index (χ1v) is 9.86. The van der Waals surface area contributed by atoms with Crippen molar-refractivity contribution in [3.05, 3.63) is 44.0 Å². The van der Waals surface area contributed by atoms with Crippen LogP contribution in [0.25, 0.3) is 0 Å². The number of benzene rings is 1. The molecule has 2 aromatic rings. The number of sulfonamides is 1. The number of hydrogen-bond acceptors (Lipinski definition) is 6. The average molecular weight is 472 g/mol. The maximum absolute atomic E-state index is 12.3. The minimum atomic E-state index is -4.09. The van der Waals surface area contributed by atoms with E-state index in [2.05, 4.69) is 25.6 Å². The lowest BCUT2D eigenvalue weighted by Crippen LogP contribution is -2.31. The molecule has 0 spiro atoms. The fourth-order valence-corrected chi connectivity index (χ4v) is 4.71. The lowest BCUT2D eigenvalue weighted by Gasteiger charge is -2.10. The number of hydrogen-bond donors (Lipinski definition) is 1. The number of carbonyl (C=O) groups is 1. The molecule has 0 atom stereocenters. The zero-order valence-corrected chi connectivity index (χ0v) is 17.0. The Morgan fingerprint density at radius 1 is 1.32 bits per heavy atom. The van der Waals surface area contributed by atoms with Crippen molar-refractivity contribution >= 4 is 55.1 Å². The van der Waals surface area contributed by atoms with E-state index >= 15 is 0 Å². The molecule has 0 unspecified atom stereocenters. The summed E-state index contributed by atoms with van der Waals surface area (Å²) in [6.07, 6.45) is 0. The van der Waals surface area contributed by atoms with Crippen molar-refractivity contribution in [3.8, 4) is 0 Å². The molecule has 0 aliphatic carbocycles. The van der Waals surface area contributed by atoms with Gasteiger partial charge in [-0.1, -0.05) is 39.1 Å². The van der Waals surface area contributed by atoms with Crippen molar-refractivity contribution < 1.29 is 22.4 Å². The number of rotatable bonds is 6. The second-order valence-electron chi connectivity index (χ2n) is 4.93. The molecular weight excluding hydrogens is 459 g/mol. The van der Waals surface area contributed by atoms with E-state index < -0.39 is 22.5 Å². The van der Waals surface area contributed by atoms with Crippen LogP contribution in [0.1, 0.15) is 17.3 Å². The Kier molecular flexibility index (Phi) is 6.50. The zero-order valence-electron chi connectivity index (χ0n) is 13.1. The summed E-state index contributed by atoms with van der Waals surface area (Å²) in [6, 6.07) is 2.77. The third-order valence-corrected chi connectivity index (χ3v) is 5.85.